The summed E-state index contributed by atoms with van der Waals surface area (Å²) < 4.78 is 5.37. The standard InChI is InChI=1S/C23H17N3O2S/c27-22(19-9-5-2-6-10-19)28-20-13-11-17(12-14-20)15-24-26-23-25-21(16-29-23)18-7-3-1-4-8-18/h1-16H,(H,25,26)/b24-15-. The van der Waals surface area contributed by atoms with Gasteiger partial charge in [0.2, 0.25) is 5.13 Å². The molecule has 0 amide bonds. The summed E-state index contributed by atoms with van der Waals surface area (Å²) in [6, 6.07) is 26.0. The van der Waals surface area contributed by atoms with Crippen LogP contribution in [0.3, 0.4) is 0 Å². The topological polar surface area (TPSA) is 63.6 Å². The lowest BCUT2D eigenvalue weighted by Gasteiger charge is -2.04. The second kappa shape index (κ2) is 8.95. The molecule has 0 saturated heterocycles. The zero-order chi connectivity index (χ0) is 19.9. The van der Waals surface area contributed by atoms with Crippen LogP contribution in [0.1, 0.15) is 15.9 Å². The molecule has 0 fully saturated rings. The Balaban J connectivity index is 1.34. The van der Waals surface area contributed by atoms with Gasteiger partial charge in [-0.05, 0) is 42.0 Å². The summed E-state index contributed by atoms with van der Waals surface area (Å²) in [5, 5.41) is 6.93. The quantitative estimate of drug-likeness (QED) is 0.202. The number of carbonyl (C=O) groups is 1. The smallest absolute Gasteiger partial charge is 0.343 e. The molecule has 3 aromatic carbocycles. The highest BCUT2D eigenvalue weighted by molar-refractivity contribution is 7.14. The van der Waals surface area contributed by atoms with E-state index < -0.39 is 0 Å². The van der Waals surface area contributed by atoms with E-state index in [2.05, 4.69) is 15.5 Å². The molecule has 0 spiro atoms. The molecule has 29 heavy (non-hydrogen) atoms. The normalized spacial score (nSPS) is 10.8. The first-order chi connectivity index (χ1) is 14.3. The maximum absolute atomic E-state index is 12.1. The highest BCUT2D eigenvalue weighted by atomic mass is 32.1. The first-order valence-corrected chi connectivity index (χ1v) is 9.83. The highest BCUT2D eigenvalue weighted by Crippen LogP contribution is 2.24. The molecule has 0 unspecified atom stereocenters. The van der Waals surface area contributed by atoms with E-state index in [-0.39, 0.29) is 5.97 Å². The van der Waals surface area contributed by atoms with E-state index in [1.165, 1.54) is 11.3 Å². The Labute approximate surface area is 172 Å². The van der Waals surface area contributed by atoms with E-state index in [1.54, 1.807) is 42.6 Å². The van der Waals surface area contributed by atoms with Gasteiger partial charge < -0.3 is 4.74 Å². The van der Waals surface area contributed by atoms with Crippen molar-refractivity contribution in [3.63, 3.8) is 0 Å². The minimum atomic E-state index is -0.383. The third kappa shape index (κ3) is 4.94. The first-order valence-electron chi connectivity index (χ1n) is 8.95. The molecule has 0 aliphatic rings. The van der Waals surface area contributed by atoms with E-state index >= 15 is 0 Å². The molecule has 0 aliphatic heterocycles. The Bertz CT molecular complexity index is 1110. The predicted octanol–water partition coefficient (Wildman–Crippen LogP) is 5.48. The van der Waals surface area contributed by atoms with Crippen LogP contribution in [-0.4, -0.2) is 17.2 Å². The second-order valence-corrected chi connectivity index (χ2v) is 6.96. The maximum Gasteiger partial charge on any atom is 0.343 e. The molecule has 1 heterocycles. The van der Waals surface area contributed by atoms with Crippen molar-refractivity contribution in [1.82, 2.24) is 4.98 Å². The molecule has 0 saturated carbocycles. The van der Waals surface area contributed by atoms with Crippen LogP contribution < -0.4 is 10.2 Å². The number of aromatic nitrogens is 1. The van der Waals surface area contributed by atoms with Crippen molar-refractivity contribution in [2.75, 3.05) is 5.43 Å². The fraction of sp³-hybridized carbons (Fsp3) is 0. The summed E-state index contributed by atoms with van der Waals surface area (Å²) in [5.74, 6) is 0.100. The molecule has 1 aromatic heterocycles. The lowest BCUT2D eigenvalue weighted by Crippen LogP contribution is -2.08. The number of nitrogens with zero attached hydrogens (tertiary/aromatic N) is 2. The number of carbonyl (C=O) groups excluding carboxylic acids is 1. The first kappa shape index (κ1) is 18.6. The Morgan fingerprint density at radius 2 is 1.62 bits per heavy atom. The fourth-order valence-corrected chi connectivity index (χ4v) is 3.26. The van der Waals surface area contributed by atoms with Gasteiger partial charge in [0.1, 0.15) is 5.75 Å². The summed E-state index contributed by atoms with van der Waals surface area (Å²) in [6.45, 7) is 0. The predicted molar refractivity (Wildman–Crippen MR) is 117 cm³/mol. The number of hydrazone groups is 1. The van der Waals surface area contributed by atoms with E-state index in [0.717, 1.165) is 16.8 Å². The number of nitrogens with one attached hydrogen (secondary N) is 1. The van der Waals surface area contributed by atoms with Crippen LogP contribution in [0.5, 0.6) is 5.75 Å². The van der Waals surface area contributed by atoms with Gasteiger partial charge in [0.25, 0.3) is 0 Å². The molecule has 0 radical (unpaired) electrons. The van der Waals surface area contributed by atoms with E-state index in [4.69, 9.17) is 4.74 Å². The Morgan fingerprint density at radius 3 is 2.34 bits per heavy atom. The zero-order valence-electron chi connectivity index (χ0n) is 15.4. The fourth-order valence-electron chi connectivity index (χ4n) is 2.59. The maximum atomic E-state index is 12.1. The average molecular weight is 399 g/mol. The van der Waals surface area contributed by atoms with Crippen LogP contribution in [0.4, 0.5) is 5.13 Å². The zero-order valence-corrected chi connectivity index (χ0v) is 16.2. The summed E-state index contributed by atoms with van der Waals surface area (Å²) in [6.07, 6.45) is 1.69. The molecular weight excluding hydrogens is 382 g/mol. The van der Waals surface area contributed by atoms with Crippen LogP contribution in [-0.2, 0) is 0 Å². The van der Waals surface area contributed by atoms with Gasteiger partial charge in [-0.25, -0.2) is 9.78 Å². The lowest BCUT2D eigenvalue weighted by atomic mass is 10.2. The molecular formula is C23H17N3O2S. The van der Waals surface area contributed by atoms with Crippen LogP contribution >= 0.6 is 11.3 Å². The van der Waals surface area contributed by atoms with E-state index in [9.17, 15) is 4.79 Å². The number of thiazole rings is 1. The molecule has 0 aliphatic carbocycles. The third-order valence-corrected chi connectivity index (χ3v) is 4.79. The van der Waals surface area contributed by atoms with Crippen molar-refractivity contribution in [3.8, 4) is 17.0 Å². The Kier molecular flexibility index (Phi) is 5.73. The molecule has 0 atom stereocenters. The van der Waals surface area contributed by atoms with Gasteiger partial charge in [-0.3, -0.25) is 5.43 Å². The highest BCUT2D eigenvalue weighted by Gasteiger charge is 2.07. The summed E-state index contributed by atoms with van der Waals surface area (Å²) in [5.41, 5.74) is 6.32. The van der Waals surface area contributed by atoms with Gasteiger partial charge in [-0.15, -0.1) is 11.3 Å². The van der Waals surface area contributed by atoms with Crippen LogP contribution in [0.25, 0.3) is 11.3 Å². The molecule has 4 aromatic rings. The van der Waals surface area contributed by atoms with Gasteiger partial charge in [0.05, 0.1) is 17.5 Å². The Hall–Kier alpha value is -3.77. The lowest BCUT2D eigenvalue weighted by molar-refractivity contribution is 0.0735. The number of esters is 1. The van der Waals surface area contributed by atoms with Crippen LogP contribution in [0.15, 0.2) is 95.4 Å². The number of hydrogen-bond donors (Lipinski definition) is 1. The van der Waals surface area contributed by atoms with Crippen LogP contribution in [0.2, 0.25) is 0 Å². The van der Waals surface area contributed by atoms with Gasteiger partial charge in [-0.1, -0.05) is 48.5 Å². The van der Waals surface area contributed by atoms with Crippen molar-refractivity contribution >= 4 is 28.7 Å². The minimum absolute atomic E-state index is 0.383. The molecule has 6 heteroatoms. The number of hydrogen-bond acceptors (Lipinski definition) is 6. The van der Waals surface area contributed by atoms with Crippen molar-refractivity contribution < 1.29 is 9.53 Å². The molecule has 1 N–H and O–H groups in total. The van der Waals surface area contributed by atoms with Gasteiger partial charge >= 0.3 is 5.97 Å². The molecule has 4 rings (SSSR count). The number of anilines is 1. The van der Waals surface area contributed by atoms with Crippen molar-refractivity contribution in [2.45, 2.75) is 0 Å². The van der Waals surface area contributed by atoms with Gasteiger partial charge in [0.15, 0.2) is 0 Å². The minimum Gasteiger partial charge on any atom is -0.423 e. The van der Waals surface area contributed by atoms with Gasteiger partial charge in [0, 0.05) is 10.9 Å². The molecule has 5 nitrogen and oxygen atoms in total. The van der Waals surface area contributed by atoms with E-state index in [0.29, 0.717) is 16.4 Å². The SMILES string of the molecule is O=C(Oc1ccc(/C=N\Nc2nc(-c3ccccc3)cs2)cc1)c1ccccc1. The number of rotatable bonds is 6. The molecule has 0 bridgehead atoms. The largest absolute Gasteiger partial charge is 0.423 e. The van der Waals surface area contributed by atoms with E-state index in [1.807, 2.05) is 53.9 Å². The van der Waals surface area contributed by atoms with Crippen LogP contribution in [0, 0.1) is 0 Å². The third-order valence-electron chi connectivity index (χ3n) is 4.05. The number of benzene rings is 3. The van der Waals surface area contributed by atoms with Crippen molar-refractivity contribution in [3.05, 3.63) is 101 Å². The average Bonchev–Trinajstić information content (AvgIpc) is 3.25. The van der Waals surface area contributed by atoms with Crippen molar-refractivity contribution in [1.29, 1.82) is 0 Å². The summed E-state index contributed by atoms with van der Waals surface area (Å²) in [7, 11) is 0. The Morgan fingerprint density at radius 1 is 0.931 bits per heavy atom. The second-order valence-electron chi connectivity index (χ2n) is 6.10. The van der Waals surface area contributed by atoms with Crippen molar-refractivity contribution in [2.24, 2.45) is 5.10 Å². The number of ether oxygens (including phenoxy) is 1. The monoisotopic (exact) mass is 399 g/mol. The summed E-state index contributed by atoms with van der Waals surface area (Å²) >= 11 is 1.49. The molecule has 142 valence electrons. The van der Waals surface area contributed by atoms with Gasteiger partial charge in [-0.2, -0.15) is 5.10 Å². The summed E-state index contributed by atoms with van der Waals surface area (Å²) in [4.78, 5) is 16.6.